The minimum absolute atomic E-state index is 0.196. The Bertz CT molecular complexity index is 391. The third-order valence-electron chi connectivity index (χ3n) is 2.90. The highest BCUT2D eigenvalue weighted by Gasteiger charge is 2.46. The van der Waals surface area contributed by atoms with Gasteiger partial charge in [0.2, 0.25) is 0 Å². The molecule has 0 aliphatic heterocycles. The van der Waals surface area contributed by atoms with E-state index in [-0.39, 0.29) is 5.54 Å². The quantitative estimate of drug-likeness (QED) is 0.883. The molecule has 0 bridgehead atoms. The summed E-state index contributed by atoms with van der Waals surface area (Å²) < 4.78 is 37.2. The van der Waals surface area contributed by atoms with E-state index >= 15 is 0 Å². The summed E-state index contributed by atoms with van der Waals surface area (Å²) in [7, 11) is 0. The van der Waals surface area contributed by atoms with Crippen LogP contribution in [0.5, 0.6) is 0 Å². The van der Waals surface area contributed by atoms with Gasteiger partial charge in [0.15, 0.2) is 0 Å². The van der Waals surface area contributed by atoms with Gasteiger partial charge in [-0.3, -0.25) is 4.98 Å². The van der Waals surface area contributed by atoms with Crippen LogP contribution in [0.15, 0.2) is 18.3 Å². The number of hydrogen-bond donors (Lipinski definition) is 1. The van der Waals surface area contributed by atoms with Crippen molar-refractivity contribution in [2.24, 2.45) is 0 Å². The summed E-state index contributed by atoms with van der Waals surface area (Å²) in [5, 5.41) is 3.36. The van der Waals surface area contributed by atoms with Crippen LogP contribution < -0.4 is 5.32 Å². The number of pyridine rings is 1. The molecule has 1 N–H and O–H groups in total. The molecule has 1 heterocycles. The zero-order valence-electron chi connectivity index (χ0n) is 9.80. The van der Waals surface area contributed by atoms with E-state index in [4.69, 9.17) is 0 Å². The minimum Gasteiger partial charge on any atom is -0.304 e. The van der Waals surface area contributed by atoms with Crippen LogP contribution in [0.25, 0.3) is 0 Å². The van der Waals surface area contributed by atoms with Gasteiger partial charge in [-0.2, -0.15) is 13.2 Å². The van der Waals surface area contributed by atoms with Crippen LogP contribution in [0.1, 0.15) is 37.9 Å². The van der Waals surface area contributed by atoms with Gasteiger partial charge in [0, 0.05) is 12.2 Å². The Morgan fingerprint density at radius 3 is 2.29 bits per heavy atom. The lowest BCUT2D eigenvalue weighted by atomic mass is 10.1. The highest BCUT2D eigenvalue weighted by atomic mass is 19.4. The third kappa shape index (κ3) is 2.60. The fourth-order valence-electron chi connectivity index (χ4n) is 2.00. The molecule has 1 aliphatic rings. The Morgan fingerprint density at radius 2 is 1.94 bits per heavy atom. The summed E-state index contributed by atoms with van der Waals surface area (Å²) in [6.07, 6.45) is -1.53. The number of alkyl halides is 3. The van der Waals surface area contributed by atoms with Crippen LogP contribution in [-0.2, 0) is 11.7 Å². The second-order valence-electron chi connectivity index (χ2n) is 4.81. The summed E-state index contributed by atoms with van der Waals surface area (Å²) >= 11 is 0. The van der Waals surface area contributed by atoms with Crippen molar-refractivity contribution in [1.82, 2.24) is 10.3 Å². The van der Waals surface area contributed by atoms with Gasteiger partial charge >= 0.3 is 6.18 Å². The van der Waals surface area contributed by atoms with Gasteiger partial charge in [-0.15, -0.1) is 0 Å². The molecule has 0 aromatic carbocycles. The van der Waals surface area contributed by atoms with Crippen LogP contribution >= 0.6 is 0 Å². The van der Waals surface area contributed by atoms with Gasteiger partial charge in [0.05, 0.1) is 16.8 Å². The third-order valence-corrected chi connectivity index (χ3v) is 2.90. The van der Waals surface area contributed by atoms with Gasteiger partial charge < -0.3 is 5.32 Å². The summed E-state index contributed by atoms with van der Waals surface area (Å²) in [6.45, 7) is 4.04. The second kappa shape index (κ2) is 3.98. The lowest BCUT2D eigenvalue weighted by molar-refractivity contribution is -0.137. The standard InChI is InChI=1S/C12H15F3N2/c1-8(2)17-11(5-6-11)10-4-3-9(7-16-10)12(13,14)15/h3-4,7-8,17H,5-6H2,1-2H3. The van der Waals surface area contributed by atoms with Crippen LogP contribution in [0.2, 0.25) is 0 Å². The van der Waals surface area contributed by atoms with Crippen molar-refractivity contribution in [3.63, 3.8) is 0 Å². The molecule has 5 heteroatoms. The van der Waals surface area contributed by atoms with E-state index in [9.17, 15) is 13.2 Å². The summed E-state index contributed by atoms with van der Waals surface area (Å²) in [5.74, 6) is 0. The number of nitrogens with one attached hydrogen (secondary N) is 1. The van der Waals surface area contributed by atoms with Gasteiger partial charge in [0.25, 0.3) is 0 Å². The Hall–Kier alpha value is -1.10. The topological polar surface area (TPSA) is 24.9 Å². The van der Waals surface area contributed by atoms with E-state index in [1.807, 2.05) is 13.8 Å². The number of halogens is 3. The molecule has 2 nitrogen and oxygen atoms in total. The Morgan fingerprint density at radius 1 is 1.29 bits per heavy atom. The van der Waals surface area contributed by atoms with E-state index in [0.29, 0.717) is 11.7 Å². The Balaban J connectivity index is 2.19. The molecular formula is C12H15F3N2. The number of hydrogen-bond acceptors (Lipinski definition) is 2. The number of aromatic nitrogens is 1. The largest absolute Gasteiger partial charge is 0.417 e. The first kappa shape index (κ1) is 12.4. The monoisotopic (exact) mass is 244 g/mol. The lowest BCUT2D eigenvalue weighted by Gasteiger charge is -2.20. The average molecular weight is 244 g/mol. The molecule has 0 saturated heterocycles. The molecular weight excluding hydrogens is 229 g/mol. The molecule has 1 fully saturated rings. The summed E-state index contributed by atoms with van der Waals surface area (Å²) in [5.41, 5.74) is -0.182. The van der Waals surface area contributed by atoms with Crippen molar-refractivity contribution < 1.29 is 13.2 Å². The van der Waals surface area contributed by atoms with Crippen LogP contribution in [0, 0.1) is 0 Å². The smallest absolute Gasteiger partial charge is 0.304 e. The lowest BCUT2D eigenvalue weighted by Crippen LogP contribution is -2.35. The first-order valence-corrected chi connectivity index (χ1v) is 5.65. The highest BCUT2D eigenvalue weighted by Crippen LogP contribution is 2.45. The van der Waals surface area contributed by atoms with Crippen LogP contribution in [0.4, 0.5) is 13.2 Å². The predicted molar refractivity (Wildman–Crippen MR) is 58.4 cm³/mol. The van der Waals surface area contributed by atoms with E-state index in [1.165, 1.54) is 6.07 Å². The molecule has 0 amide bonds. The van der Waals surface area contributed by atoms with Crippen molar-refractivity contribution >= 4 is 0 Å². The van der Waals surface area contributed by atoms with Crippen molar-refractivity contribution in [2.45, 2.75) is 44.4 Å². The van der Waals surface area contributed by atoms with E-state index in [1.54, 1.807) is 0 Å². The number of nitrogens with zero attached hydrogens (tertiary/aromatic N) is 1. The molecule has 1 aromatic rings. The van der Waals surface area contributed by atoms with E-state index in [2.05, 4.69) is 10.3 Å². The normalized spacial score (nSPS) is 18.5. The first-order chi connectivity index (χ1) is 7.83. The zero-order chi connectivity index (χ0) is 12.7. The molecule has 0 spiro atoms. The average Bonchev–Trinajstić information content (AvgIpc) is 2.97. The molecule has 1 aliphatic carbocycles. The highest BCUT2D eigenvalue weighted by molar-refractivity contribution is 5.27. The molecule has 0 unspecified atom stereocenters. The van der Waals surface area contributed by atoms with Crippen molar-refractivity contribution in [3.8, 4) is 0 Å². The van der Waals surface area contributed by atoms with Crippen LogP contribution in [0.3, 0.4) is 0 Å². The van der Waals surface area contributed by atoms with Crippen molar-refractivity contribution in [2.75, 3.05) is 0 Å². The van der Waals surface area contributed by atoms with Crippen molar-refractivity contribution in [3.05, 3.63) is 29.6 Å². The molecule has 17 heavy (non-hydrogen) atoms. The molecule has 0 atom stereocenters. The number of rotatable bonds is 3. The predicted octanol–water partition coefficient (Wildman–Crippen LogP) is 3.09. The Labute approximate surface area is 98.2 Å². The Kier molecular flexibility index (Phi) is 2.89. The van der Waals surface area contributed by atoms with E-state index in [0.717, 1.165) is 25.1 Å². The van der Waals surface area contributed by atoms with Crippen LogP contribution in [-0.4, -0.2) is 11.0 Å². The molecule has 94 valence electrons. The molecule has 2 rings (SSSR count). The minimum atomic E-state index is -4.31. The van der Waals surface area contributed by atoms with Gasteiger partial charge in [-0.05, 0) is 38.8 Å². The van der Waals surface area contributed by atoms with Gasteiger partial charge in [-0.25, -0.2) is 0 Å². The van der Waals surface area contributed by atoms with Gasteiger partial charge in [-0.1, -0.05) is 0 Å². The second-order valence-corrected chi connectivity index (χ2v) is 4.81. The summed E-state index contributed by atoms with van der Waals surface area (Å²) in [4.78, 5) is 3.95. The maximum atomic E-state index is 12.4. The first-order valence-electron chi connectivity index (χ1n) is 5.65. The van der Waals surface area contributed by atoms with E-state index < -0.39 is 11.7 Å². The fourth-order valence-corrected chi connectivity index (χ4v) is 2.00. The van der Waals surface area contributed by atoms with Gasteiger partial charge in [0.1, 0.15) is 0 Å². The molecule has 1 saturated carbocycles. The molecule has 0 radical (unpaired) electrons. The summed E-state index contributed by atoms with van der Waals surface area (Å²) in [6, 6.07) is 2.87. The maximum Gasteiger partial charge on any atom is 0.417 e. The zero-order valence-corrected chi connectivity index (χ0v) is 9.80. The molecule has 1 aromatic heterocycles. The van der Waals surface area contributed by atoms with Crippen molar-refractivity contribution in [1.29, 1.82) is 0 Å². The SMILES string of the molecule is CC(C)NC1(c2ccc(C(F)(F)F)cn2)CC1. The fraction of sp³-hybridized carbons (Fsp3) is 0.583. The maximum absolute atomic E-state index is 12.4.